The maximum atomic E-state index is 12.4. The lowest BCUT2D eigenvalue weighted by Crippen LogP contribution is -2.52. The molecule has 1 unspecified atom stereocenters. The number of likely N-dealkylation sites (N-methyl/N-ethyl adjacent to an activating group) is 1. The van der Waals surface area contributed by atoms with E-state index < -0.39 is 48.4 Å². The van der Waals surface area contributed by atoms with E-state index in [0.29, 0.717) is 77.9 Å². The fourth-order valence-corrected chi connectivity index (χ4v) is 10.1. The van der Waals surface area contributed by atoms with E-state index >= 15 is 0 Å². The Bertz CT molecular complexity index is 2140. The Morgan fingerprint density at radius 2 is 1.18 bits per heavy atom. The largest absolute Gasteiger partial charge is 0.481 e. The Labute approximate surface area is 470 Å². The quantitative estimate of drug-likeness (QED) is 0.0261. The molecule has 3 atom stereocenters. The smallest absolute Gasteiger partial charge is 0.326 e. The van der Waals surface area contributed by atoms with Gasteiger partial charge in [-0.2, -0.15) is 9.97 Å². The second-order valence-electron chi connectivity index (χ2n) is 21.0. The van der Waals surface area contributed by atoms with Crippen LogP contribution in [0.2, 0.25) is 0 Å². The highest BCUT2D eigenvalue weighted by molar-refractivity contribution is 5.86. The third-order valence-corrected chi connectivity index (χ3v) is 14.8. The van der Waals surface area contributed by atoms with Crippen molar-refractivity contribution in [3.05, 3.63) is 47.0 Å². The molecular formula is C55H91N11O14. The van der Waals surface area contributed by atoms with Crippen molar-refractivity contribution in [1.29, 1.82) is 0 Å². The van der Waals surface area contributed by atoms with Gasteiger partial charge in [0.1, 0.15) is 23.7 Å². The van der Waals surface area contributed by atoms with E-state index in [0.717, 1.165) is 139 Å². The van der Waals surface area contributed by atoms with Gasteiger partial charge in [0.15, 0.2) is 0 Å². The highest BCUT2D eigenvalue weighted by Crippen LogP contribution is 2.20. The van der Waals surface area contributed by atoms with Gasteiger partial charge in [0, 0.05) is 110 Å². The van der Waals surface area contributed by atoms with Gasteiger partial charge in [0.2, 0.25) is 11.9 Å². The number of carbonyl (C=O) groups is 6. The van der Waals surface area contributed by atoms with Crippen LogP contribution in [0.15, 0.2) is 24.3 Å². The van der Waals surface area contributed by atoms with Gasteiger partial charge >= 0.3 is 29.9 Å². The van der Waals surface area contributed by atoms with Gasteiger partial charge in [0.25, 0.3) is 0 Å². The zero-order valence-corrected chi connectivity index (χ0v) is 47.0. The Morgan fingerprint density at radius 1 is 0.613 bits per heavy atom. The van der Waals surface area contributed by atoms with Crippen LogP contribution in [0.1, 0.15) is 139 Å². The van der Waals surface area contributed by atoms with Gasteiger partial charge in [-0.1, -0.05) is 69.7 Å². The predicted octanol–water partition coefficient (Wildman–Crippen LogP) is 4.08. The van der Waals surface area contributed by atoms with Crippen molar-refractivity contribution in [2.45, 2.75) is 153 Å². The molecule has 2 aliphatic heterocycles. The molecule has 2 aromatic rings. The van der Waals surface area contributed by atoms with Crippen molar-refractivity contribution in [1.82, 2.24) is 50.5 Å². The van der Waals surface area contributed by atoms with Crippen molar-refractivity contribution < 1.29 is 69.5 Å². The Hall–Kier alpha value is -5.67. The molecule has 1 aromatic carbocycles. The molecule has 0 bridgehead atoms. The zero-order valence-electron chi connectivity index (χ0n) is 47.0. The van der Waals surface area contributed by atoms with Crippen molar-refractivity contribution in [2.75, 3.05) is 110 Å². The van der Waals surface area contributed by atoms with Crippen LogP contribution in [0.5, 0.6) is 0 Å². The number of carboxylic acid groups (broad SMARTS) is 4. The van der Waals surface area contributed by atoms with Gasteiger partial charge in [-0.05, 0) is 81.9 Å². The van der Waals surface area contributed by atoms with Crippen LogP contribution >= 0.6 is 0 Å². The molecule has 2 aliphatic rings. The van der Waals surface area contributed by atoms with Crippen LogP contribution < -0.4 is 20.9 Å². The number of aromatic nitrogens is 3. The van der Waals surface area contributed by atoms with Gasteiger partial charge in [0.05, 0.1) is 19.8 Å². The molecule has 1 aromatic heterocycles. The van der Waals surface area contributed by atoms with Gasteiger partial charge < -0.3 is 46.2 Å². The van der Waals surface area contributed by atoms with Gasteiger partial charge in [-0.3, -0.25) is 39.6 Å². The third-order valence-electron chi connectivity index (χ3n) is 14.8. The second kappa shape index (κ2) is 38.9. The number of aryl methyl sites for hydroxylation is 1. The highest BCUT2D eigenvalue weighted by Gasteiger charge is 2.27. The summed E-state index contributed by atoms with van der Waals surface area (Å²) in [7, 11) is 0. The van der Waals surface area contributed by atoms with Crippen molar-refractivity contribution in [2.24, 2.45) is 0 Å². The first-order chi connectivity index (χ1) is 38.6. The molecule has 0 radical (unpaired) electrons. The fraction of sp³-hybridized carbons (Fsp3) is 0.727. The van der Waals surface area contributed by atoms with E-state index in [2.05, 4.69) is 81.4 Å². The Kier molecular flexibility index (Phi) is 32.5. The van der Waals surface area contributed by atoms with Crippen molar-refractivity contribution >= 4 is 41.8 Å². The molecule has 0 aliphatic carbocycles. The molecule has 25 nitrogen and oxygen atoms in total. The van der Waals surface area contributed by atoms with Crippen LogP contribution in [0.4, 0.5) is 10.7 Å². The molecule has 2 saturated heterocycles. The number of amides is 3. The lowest BCUT2D eigenvalue weighted by atomic mass is 10.0. The Morgan fingerprint density at radius 3 is 1.76 bits per heavy atom. The van der Waals surface area contributed by atoms with E-state index in [1.54, 1.807) is 0 Å². The molecular weight excluding hydrogens is 1040 g/mol. The van der Waals surface area contributed by atoms with Gasteiger partial charge in [-0.15, -0.1) is 0 Å². The number of piperidine rings is 1. The number of aliphatic carboxylic acids is 4. The van der Waals surface area contributed by atoms with Crippen molar-refractivity contribution in [3.63, 3.8) is 0 Å². The number of anilines is 1. The predicted molar refractivity (Wildman–Crippen MR) is 297 cm³/mol. The first-order valence-corrected chi connectivity index (χ1v) is 28.9. The first kappa shape index (κ1) is 66.8. The van der Waals surface area contributed by atoms with E-state index in [4.69, 9.17) is 30.6 Å². The van der Waals surface area contributed by atoms with Crippen LogP contribution in [-0.2, 0) is 53.0 Å². The number of hydrogen-bond acceptors (Lipinski definition) is 18. The lowest BCUT2D eigenvalue weighted by Gasteiger charge is -2.38. The number of hydrogen-bond donors (Lipinski definition) is 9. The summed E-state index contributed by atoms with van der Waals surface area (Å²) in [5.41, 5.74) is 2.18. The SMILES string of the molecule is CCN1CCN(CCOO)CCN(CCOO)CCN(CC(=O)O)C(Cc2ccc(Cc3nc(CCCCCCCCCCC(=O)NCCCC[C@H](NC(=O)N[C@@H](CCC(=O)O)C(=O)O)C(=O)O)nc(N4CCCCC4)n3)cc2)C1. The number of nitrogens with zero attached hydrogens (tertiary/aromatic N) is 8. The van der Waals surface area contributed by atoms with Crippen LogP contribution in [0.25, 0.3) is 0 Å². The molecule has 3 amide bonds. The Balaban J connectivity index is 1.21. The summed E-state index contributed by atoms with van der Waals surface area (Å²) >= 11 is 0. The normalized spacial score (nSPS) is 17.2. The number of unbranched alkanes of at least 4 members (excludes halogenated alkanes) is 8. The topological polar surface area (TPSA) is 333 Å². The lowest BCUT2D eigenvalue weighted by molar-refractivity contribution is -0.245. The number of carboxylic acids is 4. The molecule has 0 saturated carbocycles. The van der Waals surface area contributed by atoms with Gasteiger partial charge in [-0.25, -0.2) is 29.1 Å². The molecule has 0 spiro atoms. The van der Waals surface area contributed by atoms with Crippen LogP contribution in [0, 0.1) is 0 Å². The number of rotatable bonds is 37. The average Bonchev–Trinajstić information content (AvgIpc) is 3.45. The average molecular weight is 1130 g/mol. The van der Waals surface area contributed by atoms with Crippen molar-refractivity contribution in [3.8, 4) is 0 Å². The minimum absolute atomic E-state index is 0.0571. The maximum Gasteiger partial charge on any atom is 0.326 e. The summed E-state index contributed by atoms with van der Waals surface area (Å²) in [6.45, 7) is 11.1. The summed E-state index contributed by atoms with van der Waals surface area (Å²) in [5.74, 6) is -2.61. The molecule has 4 rings (SSSR count). The zero-order chi connectivity index (χ0) is 57.9. The minimum atomic E-state index is -1.48. The van der Waals surface area contributed by atoms with E-state index in [-0.39, 0.29) is 44.5 Å². The highest BCUT2D eigenvalue weighted by atomic mass is 17.1. The fourth-order valence-electron chi connectivity index (χ4n) is 10.1. The summed E-state index contributed by atoms with van der Waals surface area (Å²) < 4.78 is 0. The first-order valence-electron chi connectivity index (χ1n) is 28.9. The summed E-state index contributed by atoms with van der Waals surface area (Å²) in [6, 6.07) is 4.64. The van der Waals surface area contributed by atoms with Crippen LogP contribution in [-0.4, -0.2) is 224 Å². The molecule has 25 heteroatoms. The summed E-state index contributed by atoms with van der Waals surface area (Å²) in [6.07, 6.45) is 13.9. The molecule has 450 valence electrons. The van der Waals surface area contributed by atoms with E-state index in [1.807, 2.05) is 0 Å². The minimum Gasteiger partial charge on any atom is -0.481 e. The van der Waals surface area contributed by atoms with E-state index in [9.17, 15) is 44.1 Å². The molecule has 2 fully saturated rings. The second-order valence-corrected chi connectivity index (χ2v) is 21.0. The summed E-state index contributed by atoms with van der Waals surface area (Å²) in [4.78, 5) is 106. The van der Waals surface area contributed by atoms with E-state index in [1.165, 1.54) is 6.42 Å². The number of benzene rings is 1. The number of carbonyl (C=O) groups excluding carboxylic acids is 2. The molecule has 9 N–H and O–H groups in total. The molecule has 80 heavy (non-hydrogen) atoms. The number of nitrogens with one attached hydrogen (secondary N) is 3. The number of urea groups is 1. The monoisotopic (exact) mass is 1130 g/mol. The third kappa shape index (κ3) is 27.7. The molecule has 3 heterocycles. The van der Waals surface area contributed by atoms with Crippen LogP contribution in [0.3, 0.4) is 0 Å². The standard InChI is InChI=1S/C55H91N11O14/c1-2-62-28-29-63(34-36-79-77)30-31-64(35-37-80-78)32-33-66(41-51(70)71)44(40-62)38-42-19-21-43(22-20-42)39-48-59-47(60-54(61-48)65-26-14-9-15-27-65)17-10-7-5-3-4-6-8-11-18-49(67)56-25-13-12-16-45(52(72)73)57-55(76)58-46(53(74)75)23-24-50(68)69/h19-22,44-46,77-78H,2-18,23-41H2,1H3,(H,56,67)(H,68,69)(H,70,71)(H,72,73)(H,74,75)(H2,57,58,76)/t44?,45-,46-/m0/s1. The maximum absolute atomic E-state index is 12.4. The summed E-state index contributed by atoms with van der Waals surface area (Å²) in [5, 5.41) is 63.0.